The van der Waals surface area contributed by atoms with E-state index in [0.717, 1.165) is 26.9 Å². The van der Waals surface area contributed by atoms with Crippen molar-refractivity contribution in [3.8, 4) is 16.3 Å². The summed E-state index contributed by atoms with van der Waals surface area (Å²) >= 11 is 1.62. The largest absolute Gasteiger partial charge is 0.497 e. The Labute approximate surface area is 159 Å². The number of rotatable bonds is 7. The summed E-state index contributed by atoms with van der Waals surface area (Å²) in [5, 5.41) is 7.06. The predicted molar refractivity (Wildman–Crippen MR) is 106 cm³/mol. The lowest BCUT2D eigenvalue weighted by atomic mass is 10.1. The number of methoxy groups -OCH3 is 1. The second-order valence-corrected chi connectivity index (χ2v) is 6.92. The third-order valence-electron chi connectivity index (χ3n) is 3.88. The lowest BCUT2D eigenvalue weighted by molar-refractivity contribution is -0.125. The zero-order valence-electron chi connectivity index (χ0n) is 15.3. The molecule has 0 aliphatic rings. The van der Waals surface area contributed by atoms with E-state index < -0.39 is 0 Å². The summed E-state index contributed by atoms with van der Waals surface area (Å²) in [4.78, 5) is 17.9. The Bertz CT molecular complexity index is 688. The van der Waals surface area contributed by atoms with E-state index in [4.69, 9.17) is 4.74 Å². The van der Waals surface area contributed by atoms with Crippen LogP contribution < -0.4 is 15.4 Å². The smallest absolute Gasteiger partial charge is 0.224 e. The van der Waals surface area contributed by atoms with Gasteiger partial charge in [-0.05, 0) is 45.2 Å². The number of nitrogens with zero attached hydrogens (tertiary/aromatic N) is 1. The van der Waals surface area contributed by atoms with Gasteiger partial charge in [0.05, 0.1) is 23.7 Å². The molecule has 0 fully saturated rings. The molecule has 1 aromatic heterocycles. The highest BCUT2D eigenvalue weighted by Crippen LogP contribution is 2.32. The Hall–Kier alpha value is -1.63. The maximum atomic E-state index is 12.2. The monoisotopic (exact) mass is 383 g/mol. The molecule has 0 spiro atoms. The molecule has 1 aromatic carbocycles. The Balaban J connectivity index is 0.00000312. The van der Waals surface area contributed by atoms with Gasteiger partial charge in [0.25, 0.3) is 0 Å². The number of carbonyl (C=O) groups is 1. The lowest BCUT2D eigenvalue weighted by Gasteiger charge is -2.16. The van der Waals surface area contributed by atoms with Gasteiger partial charge in [-0.15, -0.1) is 23.7 Å². The number of hydrogen-bond donors (Lipinski definition) is 2. The highest BCUT2D eigenvalue weighted by atomic mass is 35.5. The fraction of sp³-hybridized carbons (Fsp3) is 0.444. The molecule has 25 heavy (non-hydrogen) atoms. The summed E-state index contributed by atoms with van der Waals surface area (Å²) in [7, 11) is 3.50. The van der Waals surface area contributed by atoms with Crippen LogP contribution in [-0.4, -0.2) is 31.6 Å². The van der Waals surface area contributed by atoms with E-state index in [1.807, 2.05) is 52.1 Å². The second kappa shape index (κ2) is 9.75. The fourth-order valence-corrected chi connectivity index (χ4v) is 3.56. The van der Waals surface area contributed by atoms with Crippen molar-refractivity contribution in [2.45, 2.75) is 26.8 Å². The number of halogens is 1. The molecule has 2 N–H and O–H groups in total. The van der Waals surface area contributed by atoms with E-state index >= 15 is 0 Å². The summed E-state index contributed by atoms with van der Waals surface area (Å²) in [5.74, 6) is 0.814. The van der Waals surface area contributed by atoms with E-state index in [-0.39, 0.29) is 30.3 Å². The van der Waals surface area contributed by atoms with Crippen molar-refractivity contribution in [2.24, 2.45) is 5.92 Å². The Morgan fingerprint density at radius 1 is 1.28 bits per heavy atom. The maximum Gasteiger partial charge on any atom is 0.224 e. The second-order valence-electron chi connectivity index (χ2n) is 5.89. The van der Waals surface area contributed by atoms with Gasteiger partial charge in [-0.3, -0.25) is 4.79 Å². The number of aromatic nitrogens is 1. The van der Waals surface area contributed by atoms with Crippen molar-refractivity contribution in [1.82, 2.24) is 15.6 Å². The zero-order chi connectivity index (χ0) is 17.7. The van der Waals surface area contributed by atoms with E-state index in [9.17, 15) is 4.79 Å². The first-order chi connectivity index (χ1) is 11.5. The normalized spacial score (nSPS) is 12.8. The van der Waals surface area contributed by atoms with Crippen LogP contribution in [0.15, 0.2) is 24.3 Å². The van der Waals surface area contributed by atoms with Gasteiger partial charge in [-0.2, -0.15) is 0 Å². The number of amides is 1. The van der Waals surface area contributed by atoms with Crippen LogP contribution in [0.3, 0.4) is 0 Å². The van der Waals surface area contributed by atoms with Crippen LogP contribution in [0.5, 0.6) is 5.75 Å². The average molecular weight is 384 g/mol. The number of thiazole rings is 1. The van der Waals surface area contributed by atoms with Gasteiger partial charge in [-0.1, -0.05) is 6.92 Å². The number of carbonyl (C=O) groups excluding carboxylic acids is 1. The molecule has 1 amide bonds. The van der Waals surface area contributed by atoms with Crippen molar-refractivity contribution >= 4 is 29.7 Å². The quantitative estimate of drug-likeness (QED) is 0.767. The summed E-state index contributed by atoms with van der Waals surface area (Å²) in [6, 6.07) is 7.80. The minimum absolute atomic E-state index is 0. The molecule has 0 aliphatic carbocycles. The average Bonchev–Trinajstić information content (AvgIpc) is 2.97. The van der Waals surface area contributed by atoms with Crippen LogP contribution >= 0.6 is 23.7 Å². The molecule has 0 saturated heterocycles. The van der Waals surface area contributed by atoms with Gasteiger partial charge >= 0.3 is 0 Å². The van der Waals surface area contributed by atoms with Crippen molar-refractivity contribution in [3.63, 3.8) is 0 Å². The molecule has 0 saturated carbocycles. The van der Waals surface area contributed by atoms with Crippen molar-refractivity contribution in [3.05, 3.63) is 34.8 Å². The number of ether oxygens (including phenoxy) is 1. The molecule has 0 radical (unpaired) electrons. The minimum atomic E-state index is -0.0632. The van der Waals surface area contributed by atoms with Crippen LogP contribution in [0.2, 0.25) is 0 Å². The van der Waals surface area contributed by atoms with Gasteiger partial charge in [0.15, 0.2) is 0 Å². The Morgan fingerprint density at radius 2 is 1.92 bits per heavy atom. The van der Waals surface area contributed by atoms with E-state index in [1.54, 1.807) is 18.4 Å². The lowest BCUT2D eigenvalue weighted by Crippen LogP contribution is -2.35. The number of nitrogens with one attached hydrogen (secondary N) is 2. The van der Waals surface area contributed by atoms with E-state index in [0.29, 0.717) is 6.54 Å². The van der Waals surface area contributed by atoms with E-state index in [1.165, 1.54) is 0 Å². The van der Waals surface area contributed by atoms with Gasteiger partial charge in [0, 0.05) is 18.0 Å². The Kier molecular flexibility index (Phi) is 8.35. The molecule has 138 valence electrons. The fourth-order valence-electron chi connectivity index (χ4n) is 2.49. The molecule has 2 unspecified atom stereocenters. The van der Waals surface area contributed by atoms with Gasteiger partial charge < -0.3 is 15.4 Å². The number of aryl methyl sites for hydroxylation is 1. The molecule has 2 rings (SSSR count). The molecule has 2 aromatic rings. The maximum absolute atomic E-state index is 12.2. The number of hydrogen-bond acceptors (Lipinski definition) is 5. The van der Waals surface area contributed by atoms with Gasteiger partial charge in [-0.25, -0.2) is 4.98 Å². The highest BCUT2D eigenvalue weighted by Gasteiger charge is 2.19. The van der Waals surface area contributed by atoms with Gasteiger partial charge in [0.1, 0.15) is 10.8 Å². The third kappa shape index (κ3) is 5.42. The number of benzene rings is 1. The third-order valence-corrected chi connectivity index (χ3v) is 5.27. The van der Waals surface area contributed by atoms with Crippen molar-refractivity contribution in [1.29, 1.82) is 0 Å². The highest BCUT2D eigenvalue weighted by molar-refractivity contribution is 7.15. The predicted octanol–water partition coefficient (Wildman–Crippen LogP) is 3.58. The SMILES string of the molecule is CNCC(C)C(=O)NC(C)c1sc(-c2ccc(OC)cc2)nc1C.Cl. The van der Waals surface area contributed by atoms with Crippen LogP contribution in [0.25, 0.3) is 10.6 Å². The molecule has 7 heteroatoms. The summed E-state index contributed by atoms with van der Waals surface area (Å²) in [5.41, 5.74) is 2.01. The first kappa shape index (κ1) is 21.4. The first-order valence-corrected chi connectivity index (χ1v) is 8.84. The van der Waals surface area contributed by atoms with Crippen molar-refractivity contribution < 1.29 is 9.53 Å². The molecule has 0 aliphatic heterocycles. The first-order valence-electron chi connectivity index (χ1n) is 8.03. The molecule has 5 nitrogen and oxygen atoms in total. The molecule has 1 heterocycles. The summed E-state index contributed by atoms with van der Waals surface area (Å²) < 4.78 is 5.19. The summed E-state index contributed by atoms with van der Waals surface area (Å²) in [6.07, 6.45) is 0. The molecule has 0 bridgehead atoms. The molecule has 2 atom stereocenters. The zero-order valence-corrected chi connectivity index (χ0v) is 16.9. The summed E-state index contributed by atoms with van der Waals surface area (Å²) in [6.45, 7) is 6.57. The standard InChI is InChI=1S/C18H25N3O2S.ClH/c1-11(10-19-4)17(22)20-12(2)16-13(3)21-18(24-16)14-6-8-15(23-5)9-7-14;/h6-9,11-12,19H,10H2,1-5H3,(H,20,22);1H. The van der Waals surface area contributed by atoms with E-state index in [2.05, 4.69) is 15.6 Å². The van der Waals surface area contributed by atoms with Gasteiger partial charge in [0.2, 0.25) is 5.91 Å². The topological polar surface area (TPSA) is 63.2 Å². The van der Waals surface area contributed by atoms with Crippen LogP contribution in [0.4, 0.5) is 0 Å². The van der Waals surface area contributed by atoms with Crippen LogP contribution in [0, 0.1) is 12.8 Å². The minimum Gasteiger partial charge on any atom is -0.497 e. The Morgan fingerprint density at radius 3 is 2.48 bits per heavy atom. The molecular weight excluding hydrogens is 358 g/mol. The van der Waals surface area contributed by atoms with Crippen molar-refractivity contribution in [2.75, 3.05) is 20.7 Å². The van der Waals surface area contributed by atoms with Crippen LogP contribution in [-0.2, 0) is 4.79 Å². The molecular formula is C18H26ClN3O2S. The van der Waals surface area contributed by atoms with Crippen LogP contribution in [0.1, 0.15) is 30.5 Å².